The number of nitrogens with zero attached hydrogens (tertiary/aromatic N) is 1. The molecule has 0 spiro atoms. The summed E-state index contributed by atoms with van der Waals surface area (Å²) >= 11 is 8.33. The Morgan fingerprint density at radius 2 is 1.89 bits per heavy atom. The van der Waals surface area contributed by atoms with Crippen molar-refractivity contribution in [3.63, 3.8) is 0 Å². The average molecular weight is 520 g/mol. The van der Waals surface area contributed by atoms with E-state index in [0.717, 1.165) is 20.7 Å². The highest BCUT2D eigenvalue weighted by Crippen LogP contribution is 2.28. The lowest BCUT2D eigenvalue weighted by Crippen LogP contribution is -2.20. The SMILES string of the molecule is Cc1nc(-c2ccc(NC(=O)c3cc4cc(Br)cc(Br)c4oc3=O)cc2)cs1. The molecule has 0 atom stereocenters. The molecular formula is C20H12Br2N2O3S. The van der Waals surface area contributed by atoms with Crippen LogP contribution >= 0.6 is 43.2 Å². The number of carbonyl (C=O) groups excluding carboxylic acids is 1. The summed E-state index contributed by atoms with van der Waals surface area (Å²) in [5.41, 5.74) is 2.08. The number of anilines is 1. The zero-order valence-corrected chi connectivity index (χ0v) is 18.4. The maximum absolute atomic E-state index is 12.6. The molecular weight excluding hydrogens is 508 g/mol. The molecule has 28 heavy (non-hydrogen) atoms. The van der Waals surface area contributed by atoms with Crippen molar-refractivity contribution < 1.29 is 9.21 Å². The topological polar surface area (TPSA) is 72.2 Å². The molecule has 2 aromatic carbocycles. The van der Waals surface area contributed by atoms with Crippen LogP contribution in [0.2, 0.25) is 0 Å². The molecule has 4 rings (SSSR count). The first-order valence-corrected chi connectivity index (χ1v) is 10.6. The van der Waals surface area contributed by atoms with E-state index in [4.69, 9.17) is 4.42 Å². The number of halogens is 2. The predicted molar refractivity (Wildman–Crippen MR) is 118 cm³/mol. The van der Waals surface area contributed by atoms with Crippen LogP contribution in [0.3, 0.4) is 0 Å². The fraction of sp³-hybridized carbons (Fsp3) is 0.0500. The van der Waals surface area contributed by atoms with Crippen molar-refractivity contribution in [2.75, 3.05) is 5.32 Å². The van der Waals surface area contributed by atoms with Crippen LogP contribution in [0.5, 0.6) is 0 Å². The number of thiazole rings is 1. The van der Waals surface area contributed by atoms with Crippen molar-refractivity contribution >= 4 is 65.8 Å². The smallest absolute Gasteiger partial charge is 0.349 e. The second kappa shape index (κ2) is 7.62. The van der Waals surface area contributed by atoms with Crippen molar-refractivity contribution in [1.29, 1.82) is 0 Å². The minimum Gasteiger partial charge on any atom is -0.421 e. The maximum atomic E-state index is 12.6. The second-order valence-electron chi connectivity index (χ2n) is 6.04. The largest absolute Gasteiger partial charge is 0.421 e. The average Bonchev–Trinajstić information content (AvgIpc) is 3.09. The van der Waals surface area contributed by atoms with E-state index in [1.807, 2.05) is 24.4 Å². The summed E-state index contributed by atoms with van der Waals surface area (Å²) in [6.07, 6.45) is 0. The normalized spacial score (nSPS) is 11.0. The molecule has 0 bridgehead atoms. The van der Waals surface area contributed by atoms with Gasteiger partial charge in [0.05, 0.1) is 15.2 Å². The van der Waals surface area contributed by atoms with E-state index in [2.05, 4.69) is 42.2 Å². The third-order valence-corrected chi connectivity index (χ3v) is 5.87. The van der Waals surface area contributed by atoms with Gasteiger partial charge >= 0.3 is 5.63 Å². The zero-order valence-electron chi connectivity index (χ0n) is 14.5. The van der Waals surface area contributed by atoms with Crippen LogP contribution in [0.1, 0.15) is 15.4 Å². The van der Waals surface area contributed by atoms with Gasteiger partial charge in [0.25, 0.3) is 5.91 Å². The number of carbonyl (C=O) groups is 1. The van der Waals surface area contributed by atoms with E-state index >= 15 is 0 Å². The first-order chi connectivity index (χ1) is 13.4. The lowest BCUT2D eigenvalue weighted by Gasteiger charge is -2.07. The van der Waals surface area contributed by atoms with E-state index < -0.39 is 11.5 Å². The molecule has 8 heteroatoms. The Labute approximate surface area is 180 Å². The van der Waals surface area contributed by atoms with Crippen LogP contribution in [-0.2, 0) is 0 Å². The van der Waals surface area contributed by atoms with Crippen LogP contribution < -0.4 is 10.9 Å². The maximum Gasteiger partial charge on any atom is 0.349 e. The van der Waals surface area contributed by atoms with Crippen molar-refractivity contribution in [3.05, 3.63) is 77.8 Å². The first-order valence-electron chi connectivity index (χ1n) is 8.17. The van der Waals surface area contributed by atoms with E-state index in [1.54, 1.807) is 35.6 Å². The summed E-state index contributed by atoms with van der Waals surface area (Å²) in [6, 6.07) is 12.4. The first kappa shape index (κ1) is 19.0. The third-order valence-electron chi connectivity index (χ3n) is 4.05. The minimum atomic E-state index is -0.692. The van der Waals surface area contributed by atoms with Gasteiger partial charge in [-0.25, -0.2) is 9.78 Å². The summed E-state index contributed by atoms with van der Waals surface area (Å²) < 4.78 is 6.76. The molecule has 4 aromatic rings. The molecule has 0 aliphatic rings. The van der Waals surface area contributed by atoms with Gasteiger partial charge in [0.2, 0.25) is 0 Å². The Morgan fingerprint density at radius 3 is 2.57 bits per heavy atom. The summed E-state index contributed by atoms with van der Waals surface area (Å²) in [5, 5.41) is 6.36. The Hall–Kier alpha value is -2.29. The summed E-state index contributed by atoms with van der Waals surface area (Å²) in [4.78, 5) is 29.3. The van der Waals surface area contributed by atoms with Crippen LogP contribution in [0.4, 0.5) is 5.69 Å². The lowest BCUT2D eigenvalue weighted by molar-refractivity contribution is 0.102. The number of benzene rings is 2. The van der Waals surface area contributed by atoms with Gasteiger partial charge in [0, 0.05) is 26.5 Å². The van der Waals surface area contributed by atoms with Gasteiger partial charge in [0.15, 0.2) is 5.58 Å². The molecule has 1 N–H and O–H groups in total. The van der Waals surface area contributed by atoms with Gasteiger partial charge in [-0.15, -0.1) is 11.3 Å². The highest BCUT2D eigenvalue weighted by molar-refractivity contribution is 9.11. The Bertz CT molecular complexity index is 1260. The molecule has 0 radical (unpaired) electrons. The fourth-order valence-electron chi connectivity index (χ4n) is 2.73. The Balaban J connectivity index is 1.61. The predicted octanol–water partition coefficient (Wildman–Crippen LogP) is 6.00. The molecule has 0 aliphatic carbocycles. The number of amides is 1. The number of aromatic nitrogens is 1. The van der Waals surface area contributed by atoms with Gasteiger partial charge in [-0.1, -0.05) is 28.1 Å². The van der Waals surface area contributed by atoms with Crippen LogP contribution in [0.15, 0.2) is 66.0 Å². The van der Waals surface area contributed by atoms with E-state index in [9.17, 15) is 9.59 Å². The molecule has 2 aromatic heterocycles. The molecule has 0 saturated heterocycles. The number of hydrogen-bond acceptors (Lipinski definition) is 5. The van der Waals surface area contributed by atoms with Gasteiger partial charge in [-0.05, 0) is 53.2 Å². The third kappa shape index (κ3) is 3.80. The van der Waals surface area contributed by atoms with Crippen LogP contribution in [-0.4, -0.2) is 10.9 Å². The molecule has 5 nitrogen and oxygen atoms in total. The molecule has 1 amide bonds. The van der Waals surface area contributed by atoms with E-state index in [1.165, 1.54) is 6.07 Å². The van der Waals surface area contributed by atoms with Crippen LogP contribution in [0, 0.1) is 6.92 Å². The Kier molecular flexibility index (Phi) is 5.18. The standard InChI is InChI=1S/C20H12Br2N2O3S/c1-10-23-17(9-28-10)11-2-4-14(5-3-11)24-19(25)15-7-12-6-13(21)8-16(22)18(12)27-20(15)26/h2-9H,1H3,(H,24,25). The fourth-order valence-corrected chi connectivity index (χ4v) is 4.70. The van der Waals surface area contributed by atoms with E-state index in [-0.39, 0.29) is 5.56 Å². The quantitative estimate of drug-likeness (QED) is 0.337. The summed E-state index contributed by atoms with van der Waals surface area (Å²) in [6.45, 7) is 1.95. The number of aryl methyl sites for hydroxylation is 1. The van der Waals surface area contributed by atoms with Gasteiger partial charge in [-0.3, -0.25) is 4.79 Å². The number of fused-ring (bicyclic) bond motifs is 1. The molecule has 0 aliphatic heterocycles. The summed E-state index contributed by atoms with van der Waals surface area (Å²) in [5.74, 6) is -0.524. The molecule has 0 unspecified atom stereocenters. The molecule has 0 fully saturated rings. The van der Waals surface area contributed by atoms with Crippen LogP contribution in [0.25, 0.3) is 22.2 Å². The molecule has 2 heterocycles. The van der Waals surface area contributed by atoms with Crippen molar-refractivity contribution in [2.24, 2.45) is 0 Å². The van der Waals surface area contributed by atoms with Crippen molar-refractivity contribution in [3.8, 4) is 11.3 Å². The highest BCUT2D eigenvalue weighted by Gasteiger charge is 2.16. The molecule has 0 saturated carbocycles. The lowest BCUT2D eigenvalue weighted by atomic mass is 10.1. The monoisotopic (exact) mass is 518 g/mol. The Morgan fingerprint density at radius 1 is 1.14 bits per heavy atom. The number of nitrogens with one attached hydrogen (secondary N) is 1. The molecule has 140 valence electrons. The van der Waals surface area contributed by atoms with Crippen molar-refractivity contribution in [2.45, 2.75) is 6.92 Å². The highest BCUT2D eigenvalue weighted by atomic mass is 79.9. The number of hydrogen-bond donors (Lipinski definition) is 1. The number of rotatable bonds is 3. The summed E-state index contributed by atoms with van der Waals surface area (Å²) in [7, 11) is 0. The van der Waals surface area contributed by atoms with Gasteiger partial charge in [0.1, 0.15) is 5.56 Å². The van der Waals surface area contributed by atoms with Gasteiger partial charge in [-0.2, -0.15) is 0 Å². The van der Waals surface area contributed by atoms with Crippen molar-refractivity contribution in [1.82, 2.24) is 4.98 Å². The second-order valence-corrected chi connectivity index (χ2v) is 8.87. The van der Waals surface area contributed by atoms with E-state index in [0.29, 0.717) is 21.1 Å². The zero-order chi connectivity index (χ0) is 19.8. The van der Waals surface area contributed by atoms with Gasteiger partial charge < -0.3 is 9.73 Å². The minimum absolute atomic E-state index is 0.0586.